The van der Waals surface area contributed by atoms with Crippen LogP contribution >= 0.6 is 24.0 Å². The lowest BCUT2D eigenvalue weighted by Gasteiger charge is -2.34. The Kier molecular flexibility index (Phi) is 13.1. The molecule has 1 aliphatic heterocycles. The van der Waals surface area contributed by atoms with Gasteiger partial charge in [0.1, 0.15) is 0 Å². The molecule has 0 saturated carbocycles. The van der Waals surface area contributed by atoms with E-state index in [0.29, 0.717) is 41.6 Å². The summed E-state index contributed by atoms with van der Waals surface area (Å²) in [6, 6.07) is 0.222. The highest BCUT2D eigenvalue weighted by Crippen LogP contribution is 2.28. The molecule has 0 bridgehead atoms. The molecule has 1 atom stereocenters. The summed E-state index contributed by atoms with van der Waals surface area (Å²) >= 11 is 0. The maximum absolute atomic E-state index is 12.7. The number of nitrogens with one attached hydrogen (secondary N) is 2. The fraction of sp³-hybridized carbons (Fsp3) is 0.944. The first-order chi connectivity index (χ1) is 13.5. The van der Waals surface area contributed by atoms with Gasteiger partial charge in [-0.3, -0.25) is 9.89 Å². The molecule has 1 unspecified atom stereocenters. The van der Waals surface area contributed by atoms with Crippen molar-refractivity contribution in [1.29, 1.82) is 0 Å². The zero-order valence-electron chi connectivity index (χ0n) is 18.5. The molecule has 0 spiro atoms. The third-order valence-electron chi connectivity index (χ3n) is 5.23. The highest BCUT2D eigenvalue weighted by atomic mass is 127. The number of guanidine groups is 1. The van der Waals surface area contributed by atoms with Gasteiger partial charge in [-0.2, -0.15) is 17.5 Å². The van der Waals surface area contributed by atoms with E-state index in [-0.39, 0.29) is 43.1 Å². The number of hydrogen-bond acceptors (Lipinski definition) is 4. The quantitative estimate of drug-likeness (QED) is 0.253. The van der Waals surface area contributed by atoms with E-state index in [1.165, 1.54) is 0 Å². The van der Waals surface area contributed by atoms with E-state index in [9.17, 15) is 21.6 Å². The maximum Gasteiger partial charge on any atom is 0.511 e. The molecule has 1 saturated heterocycles. The van der Waals surface area contributed by atoms with Gasteiger partial charge in [0.05, 0.1) is 0 Å². The van der Waals surface area contributed by atoms with Crippen molar-refractivity contribution in [1.82, 2.24) is 19.8 Å². The van der Waals surface area contributed by atoms with Gasteiger partial charge in [0.2, 0.25) is 0 Å². The second kappa shape index (κ2) is 13.3. The fourth-order valence-corrected chi connectivity index (χ4v) is 4.62. The molecule has 180 valence electrons. The molecule has 0 aliphatic carbocycles. The smallest absolute Gasteiger partial charge is 0.355 e. The standard InChI is InChI=1S/C18H36F3N5O2S.HI/c1-6-25(7-2)16(12-14(3)4)13-23-17(22-5)24-15-8-10-26(11-9-15)29(27,28)18(19,20)21;/h14-16H,6-13H2,1-5H3,(H2,22,23,24);1H. The van der Waals surface area contributed by atoms with E-state index in [4.69, 9.17) is 0 Å². The third kappa shape index (κ3) is 8.65. The summed E-state index contributed by atoms with van der Waals surface area (Å²) in [6.45, 7) is 10.9. The molecule has 2 N–H and O–H groups in total. The summed E-state index contributed by atoms with van der Waals surface area (Å²) in [5, 5.41) is 6.54. The Hall–Kier alpha value is -0.340. The third-order valence-corrected chi connectivity index (χ3v) is 6.86. The summed E-state index contributed by atoms with van der Waals surface area (Å²) < 4.78 is 61.6. The van der Waals surface area contributed by atoms with E-state index >= 15 is 0 Å². The van der Waals surface area contributed by atoms with E-state index in [1.54, 1.807) is 7.05 Å². The molecule has 1 aliphatic rings. The second-order valence-electron chi connectivity index (χ2n) is 7.73. The van der Waals surface area contributed by atoms with E-state index < -0.39 is 15.5 Å². The highest BCUT2D eigenvalue weighted by Gasteiger charge is 2.50. The number of piperidine rings is 1. The van der Waals surface area contributed by atoms with E-state index in [0.717, 1.165) is 19.5 Å². The van der Waals surface area contributed by atoms with Crippen LogP contribution in [0, 0.1) is 5.92 Å². The number of halogens is 4. The van der Waals surface area contributed by atoms with Crippen molar-refractivity contribution in [3.8, 4) is 0 Å². The van der Waals surface area contributed by atoms with Crippen LogP contribution < -0.4 is 10.6 Å². The van der Waals surface area contributed by atoms with Crippen molar-refractivity contribution in [2.45, 2.75) is 64.5 Å². The molecule has 0 radical (unpaired) electrons. The number of sulfonamides is 1. The summed E-state index contributed by atoms with van der Waals surface area (Å²) in [4.78, 5) is 6.60. The number of aliphatic imine (C=N–C) groups is 1. The van der Waals surface area contributed by atoms with Crippen molar-refractivity contribution in [3.63, 3.8) is 0 Å². The summed E-state index contributed by atoms with van der Waals surface area (Å²) in [5.74, 6) is 1.14. The number of hydrogen-bond donors (Lipinski definition) is 2. The minimum Gasteiger partial charge on any atom is -0.355 e. The Labute approximate surface area is 196 Å². The monoisotopic (exact) mass is 571 g/mol. The van der Waals surface area contributed by atoms with Gasteiger partial charge in [-0.1, -0.05) is 27.7 Å². The van der Waals surface area contributed by atoms with Crippen molar-refractivity contribution < 1.29 is 21.6 Å². The Balaban J connectivity index is 0.00000841. The molecule has 1 rings (SSSR count). The lowest BCUT2D eigenvalue weighted by molar-refractivity contribution is -0.0494. The molecule has 0 amide bonds. The van der Waals surface area contributed by atoms with Crippen molar-refractivity contribution in [2.75, 3.05) is 39.8 Å². The molecule has 0 aromatic rings. The van der Waals surface area contributed by atoms with Gasteiger partial charge in [0.25, 0.3) is 0 Å². The maximum atomic E-state index is 12.7. The Bertz CT molecular complexity index is 620. The van der Waals surface area contributed by atoms with Gasteiger partial charge in [-0.15, -0.1) is 24.0 Å². The summed E-state index contributed by atoms with van der Waals surface area (Å²) in [5.41, 5.74) is -5.25. The Morgan fingerprint density at radius 1 is 1.20 bits per heavy atom. The highest BCUT2D eigenvalue weighted by molar-refractivity contribution is 14.0. The van der Waals surface area contributed by atoms with E-state index in [2.05, 4.69) is 48.2 Å². The van der Waals surface area contributed by atoms with Crippen LogP contribution in [0.4, 0.5) is 13.2 Å². The van der Waals surface area contributed by atoms with Crippen molar-refractivity contribution in [3.05, 3.63) is 0 Å². The van der Waals surface area contributed by atoms with E-state index in [1.807, 2.05) is 0 Å². The normalized spacial score (nSPS) is 18.4. The molecule has 0 aromatic carbocycles. The van der Waals surface area contributed by atoms with Crippen molar-refractivity contribution in [2.24, 2.45) is 10.9 Å². The average Bonchev–Trinajstić information content (AvgIpc) is 2.64. The van der Waals surface area contributed by atoms with Crippen LogP contribution in [0.1, 0.15) is 47.0 Å². The number of alkyl halides is 3. The van der Waals surface area contributed by atoms with Crippen LogP contribution in [-0.2, 0) is 10.0 Å². The van der Waals surface area contributed by atoms with Gasteiger partial charge >= 0.3 is 15.5 Å². The molecular formula is C18H37F3IN5O2S. The molecular weight excluding hydrogens is 534 g/mol. The molecule has 30 heavy (non-hydrogen) atoms. The first-order valence-electron chi connectivity index (χ1n) is 10.2. The predicted molar refractivity (Wildman–Crippen MR) is 126 cm³/mol. The number of nitrogens with zero attached hydrogens (tertiary/aromatic N) is 3. The van der Waals surface area contributed by atoms with Crippen LogP contribution in [0.5, 0.6) is 0 Å². The molecule has 7 nitrogen and oxygen atoms in total. The van der Waals surface area contributed by atoms with Crippen LogP contribution in [-0.4, -0.2) is 80.9 Å². The summed E-state index contributed by atoms with van der Waals surface area (Å²) in [6.07, 6.45) is 1.63. The van der Waals surface area contributed by atoms with Crippen molar-refractivity contribution >= 4 is 40.0 Å². The topological polar surface area (TPSA) is 77.0 Å². The fourth-order valence-electron chi connectivity index (χ4n) is 3.64. The zero-order valence-corrected chi connectivity index (χ0v) is 21.6. The van der Waals surface area contributed by atoms with Gasteiger partial charge in [-0.25, -0.2) is 8.42 Å². The molecule has 12 heteroatoms. The molecule has 1 fully saturated rings. The molecule has 0 aromatic heterocycles. The first kappa shape index (κ1) is 29.7. The van der Waals surface area contributed by atoms with Crippen LogP contribution in [0.25, 0.3) is 0 Å². The molecule has 1 heterocycles. The van der Waals surface area contributed by atoms with Gasteiger partial charge in [0, 0.05) is 38.8 Å². The lowest BCUT2D eigenvalue weighted by Crippen LogP contribution is -2.53. The first-order valence-corrected chi connectivity index (χ1v) is 11.7. The Morgan fingerprint density at radius 3 is 2.13 bits per heavy atom. The van der Waals surface area contributed by atoms with Gasteiger partial charge in [0.15, 0.2) is 5.96 Å². The SMILES string of the molecule is CCN(CC)C(CNC(=NC)NC1CCN(S(=O)(=O)C(F)(F)F)CC1)CC(C)C.I. The van der Waals surface area contributed by atoms with Crippen LogP contribution in [0.3, 0.4) is 0 Å². The zero-order chi connectivity index (χ0) is 22.2. The largest absolute Gasteiger partial charge is 0.511 e. The summed E-state index contributed by atoms with van der Waals surface area (Å²) in [7, 11) is -3.60. The average molecular weight is 571 g/mol. The lowest BCUT2D eigenvalue weighted by atomic mass is 10.0. The number of likely N-dealkylation sites (N-methyl/N-ethyl adjacent to an activating group) is 1. The van der Waals surface area contributed by atoms with Crippen LogP contribution in [0.2, 0.25) is 0 Å². The number of rotatable bonds is 9. The van der Waals surface area contributed by atoms with Crippen LogP contribution in [0.15, 0.2) is 4.99 Å². The Morgan fingerprint density at radius 2 is 1.73 bits per heavy atom. The predicted octanol–water partition coefficient (Wildman–Crippen LogP) is 2.84. The second-order valence-corrected chi connectivity index (χ2v) is 9.66. The van der Waals surface area contributed by atoms with Gasteiger partial charge in [-0.05, 0) is 38.3 Å². The minimum absolute atomic E-state index is 0. The van der Waals surface area contributed by atoms with Gasteiger partial charge < -0.3 is 10.6 Å². The minimum atomic E-state index is -5.25.